The van der Waals surface area contributed by atoms with Gasteiger partial charge in [-0.25, -0.2) is 9.59 Å². The number of nitrogens with one attached hydrogen (secondary N) is 5. The van der Waals surface area contributed by atoms with Crippen LogP contribution in [-0.4, -0.2) is 131 Å². The average Bonchev–Trinajstić information content (AvgIpc) is 4.06. The van der Waals surface area contributed by atoms with Crippen molar-refractivity contribution in [1.82, 2.24) is 30.3 Å². The summed E-state index contributed by atoms with van der Waals surface area (Å²) in [4.78, 5) is 112. The number of carbonyl (C=O) groups is 8. The molecule has 2 atom stereocenters. The number of imide groups is 1. The second-order valence-corrected chi connectivity index (χ2v) is 18.5. The van der Waals surface area contributed by atoms with Crippen molar-refractivity contribution in [2.75, 3.05) is 73.7 Å². The smallest absolute Gasteiger partial charge is 0.409 e. The number of fused-ring (bicyclic) bond motifs is 4. The molecule has 20 heteroatoms. The highest BCUT2D eigenvalue weighted by atomic mass is 79.9. The molecule has 0 bridgehead atoms. The van der Waals surface area contributed by atoms with Crippen molar-refractivity contribution < 1.29 is 43.1 Å². The number of urea groups is 1. The number of nitrogens with two attached hydrogens (primary N) is 1. The summed E-state index contributed by atoms with van der Waals surface area (Å²) >= 11 is 3.68. The van der Waals surface area contributed by atoms with Gasteiger partial charge in [0.25, 0.3) is 23.6 Å². The predicted molar refractivity (Wildman–Crippen MR) is 272 cm³/mol. The van der Waals surface area contributed by atoms with Gasteiger partial charge in [0.1, 0.15) is 17.5 Å². The Kier molecular flexibility index (Phi) is 15.8. The van der Waals surface area contributed by atoms with Gasteiger partial charge in [-0.1, -0.05) is 46.6 Å². The van der Waals surface area contributed by atoms with Crippen LogP contribution in [0.4, 0.5) is 26.7 Å². The lowest BCUT2D eigenvalue weighted by atomic mass is 9.95. The zero-order chi connectivity index (χ0) is 50.2. The number of halogens is 1. The van der Waals surface area contributed by atoms with Crippen LogP contribution in [0.3, 0.4) is 0 Å². The SMILES string of the molecule is CN1CCN(C(=O)Oc2cc3c(c4ccccc24)[C@H](CBr)CN3C(=O)c2cc3cc(NC(=O)c4ccc(NC(=O)[C@H](CCCNC(N)=O)NC(=O)CCCCCN5C(=O)C=CC5=O)cc4)ccc3[nH]2)CC1. The van der Waals surface area contributed by atoms with Gasteiger partial charge in [-0.15, -0.1) is 0 Å². The second kappa shape index (κ2) is 22.4. The van der Waals surface area contributed by atoms with Gasteiger partial charge in [0.05, 0.1) is 5.69 Å². The third kappa shape index (κ3) is 11.9. The molecule has 1 fully saturated rings. The molecule has 3 aliphatic rings. The van der Waals surface area contributed by atoms with Crippen molar-refractivity contribution in [1.29, 1.82) is 0 Å². The predicted octanol–water partition coefficient (Wildman–Crippen LogP) is 5.82. The van der Waals surface area contributed by atoms with Crippen LogP contribution < -0.4 is 36.6 Å². The Balaban J connectivity index is 0.888. The normalized spacial score (nSPS) is 16.0. The molecule has 1 saturated heterocycles. The van der Waals surface area contributed by atoms with Gasteiger partial charge in [0.15, 0.2) is 0 Å². The molecular formula is C51H55BrN10O9. The van der Waals surface area contributed by atoms with Crippen LogP contribution in [0, 0.1) is 0 Å². The van der Waals surface area contributed by atoms with Gasteiger partial charge in [0, 0.05) is 115 Å². The van der Waals surface area contributed by atoms with E-state index < -0.39 is 30.0 Å². The van der Waals surface area contributed by atoms with Crippen molar-refractivity contribution in [2.24, 2.45) is 5.73 Å². The van der Waals surface area contributed by atoms with Crippen LogP contribution in [0.5, 0.6) is 5.75 Å². The first-order chi connectivity index (χ1) is 34.3. The lowest BCUT2D eigenvalue weighted by Gasteiger charge is -2.31. The minimum atomic E-state index is -0.945. The number of benzene rings is 4. The minimum absolute atomic E-state index is 0.0211. The van der Waals surface area contributed by atoms with Crippen LogP contribution >= 0.6 is 15.9 Å². The van der Waals surface area contributed by atoms with Gasteiger partial charge in [-0.2, -0.15) is 0 Å². The number of aromatic amines is 1. The topological polar surface area (TPSA) is 249 Å². The summed E-state index contributed by atoms with van der Waals surface area (Å²) in [7, 11) is 2.02. The number of aromatic nitrogens is 1. The molecule has 0 unspecified atom stereocenters. The summed E-state index contributed by atoms with van der Waals surface area (Å²) < 4.78 is 6.07. The van der Waals surface area contributed by atoms with E-state index in [1.165, 1.54) is 12.2 Å². The standard InChI is InChI=1S/C51H55BrN10O9/c1-59-22-24-60(25-23-59)51(70)71-42-28-41-46(37-9-5-4-8-36(37)42)33(29-52)30-62(41)49(68)40-27-32-26-35(16-17-38(32)57-40)56-47(66)31-12-14-34(15-13-31)55-48(67)39(10-7-20-54-50(53)69)58-43(63)11-3-2-6-21-61-44(64)18-19-45(61)65/h4-5,8-9,12-19,26-28,33,39,57H,2-3,6-7,10-11,20-25,29-30H2,1H3,(H,55,67)(H,56,66)(H,58,63)(H3,53,54,69)/t33-,39+/m1/s1. The summed E-state index contributed by atoms with van der Waals surface area (Å²) in [6.07, 6.45) is 4.27. The number of alkyl halides is 1. The number of amides is 9. The molecule has 1 aromatic heterocycles. The van der Waals surface area contributed by atoms with Crippen LogP contribution in [0.2, 0.25) is 0 Å². The molecule has 71 heavy (non-hydrogen) atoms. The number of unbranched alkanes of at least 4 members (excludes halogenated alkanes) is 2. The number of ether oxygens (including phenoxy) is 1. The minimum Gasteiger partial charge on any atom is -0.409 e. The number of likely N-dealkylation sites (N-methyl/N-ethyl adjacent to an activating group) is 1. The molecule has 3 aliphatic heterocycles. The fourth-order valence-electron chi connectivity index (χ4n) is 9.01. The molecule has 0 aliphatic carbocycles. The Morgan fingerprint density at radius 1 is 0.831 bits per heavy atom. The monoisotopic (exact) mass is 1030 g/mol. The zero-order valence-corrected chi connectivity index (χ0v) is 40.7. The third-order valence-corrected chi connectivity index (χ3v) is 13.6. The lowest BCUT2D eigenvalue weighted by molar-refractivity contribution is -0.137. The molecular weight excluding hydrogens is 977 g/mol. The number of carbonyl (C=O) groups excluding carboxylic acids is 8. The largest absolute Gasteiger partial charge is 0.415 e. The fraction of sp³-hybridized carbons (Fsp3) is 0.333. The summed E-state index contributed by atoms with van der Waals surface area (Å²) in [5.74, 6) is -1.88. The maximum atomic E-state index is 14.4. The maximum Gasteiger partial charge on any atom is 0.415 e. The van der Waals surface area contributed by atoms with E-state index in [2.05, 4.69) is 47.1 Å². The van der Waals surface area contributed by atoms with Crippen LogP contribution in [0.25, 0.3) is 21.7 Å². The quantitative estimate of drug-likeness (QED) is 0.0349. The Labute approximate surface area is 417 Å². The van der Waals surface area contributed by atoms with Crippen molar-refractivity contribution in [2.45, 2.75) is 50.5 Å². The number of primary amides is 1. The first-order valence-corrected chi connectivity index (χ1v) is 24.7. The second-order valence-electron chi connectivity index (χ2n) is 17.8. The van der Waals surface area contributed by atoms with E-state index >= 15 is 0 Å². The van der Waals surface area contributed by atoms with E-state index in [0.29, 0.717) is 95.6 Å². The maximum absolute atomic E-state index is 14.4. The lowest BCUT2D eigenvalue weighted by Crippen LogP contribution is -2.48. The molecule has 5 aromatic rings. The van der Waals surface area contributed by atoms with Crippen LogP contribution in [0.1, 0.15) is 70.9 Å². The molecule has 370 valence electrons. The summed E-state index contributed by atoms with van der Waals surface area (Å²) in [6, 6.07) is 21.2. The molecule has 4 heterocycles. The van der Waals surface area contributed by atoms with E-state index in [1.54, 1.807) is 64.4 Å². The van der Waals surface area contributed by atoms with Gasteiger partial charge in [-0.3, -0.25) is 33.7 Å². The van der Waals surface area contributed by atoms with Crippen molar-refractivity contribution >= 4 is 102 Å². The van der Waals surface area contributed by atoms with Gasteiger partial charge < -0.3 is 51.4 Å². The molecule has 7 N–H and O–H groups in total. The highest BCUT2D eigenvalue weighted by Crippen LogP contribution is 2.46. The fourth-order valence-corrected chi connectivity index (χ4v) is 9.54. The third-order valence-electron chi connectivity index (χ3n) is 12.8. The molecule has 0 radical (unpaired) electrons. The number of hydrogen-bond donors (Lipinski definition) is 6. The van der Waals surface area contributed by atoms with E-state index in [0.717, 1.165) is 34.3 Å². The highest BCUT2D eigenvalue weighted by molar-refractivity contribution is 9.09. The number of H-pyrrole nitrogens is 1. The van der Waals surface area contributed by atoms with Gasteiger partial charge in [-0.05, 0) is 92.2 Å². The zero-order valence-electron chi connectivity index (χ0n) is 39.1. The number of rotatable bonds is 18. The highest BCUT2D eigenvalue weighted by Gasteiger charge is 2.36. The Morgan fingerprint density at radius 2 is 1.55 bits per heavy atom. The molecule has 0 spiro atoms. The summed E-state index contributed by atoms with van der Waals surface area (Å²) in [6.45, 7) is 3.48. The Bertz CT molecular complexity index is 2900. The molecule has 9 amide bonds. The summed E-state index contributed by atoms with van der Waals surface area (Å²) in [5.41, 5.74) is 9.05. The number of hydrogen-bond acceptors (Lipinski definition) is 10. The molecule has 0 saturated carbocycles. The molecule has 8 rings (SSSR count). The Hall–Kier alpha value is -7.58. The van der Waals surface area contributed by atoms with Crippen LogP contribution in [-0.2, 0) is 19.2 Å². The number of nitrogens with zero attached hydrogens (tertiary/aromatic N) is 4. The van der Waals surface area contributed by atoms with E-state index in [9.17, 15) is 38.4 Å². The van der Waals surface area contributed by atoms with Crippen molar-refractivity contribution in [3.05, 3.63) is 108 Å². The summed E-state index contributed by atoms with van der Waals surface area (Å²) in [5, 5.41) is 13.9. The first-order valence-electron chi connectivity index (χ1n) is 23.6. The van der Waals surface area contributed by atoms with Crippen molar-refractivity contribution in [3.8, 4) is 5.75 Å². The first kappa shape index (κ1) is 49.8. The van der Waals surface area contributed by atoms with E-state index in [4.69, 9.17) is 10.5 Å². The van der Waals surface area contributed by atoms with E-state index in [-0.39, 0.29) is 55.5 Å². The average molecular weight is 1030 g/mol. The number of anilines is 3. The van der Waals surface area contributed by atoms with Gasteiger partial charge >= 0.3 is 12.1 Å². The number of piperazine rings is 1. The van der Waals surface area contributed by atoms with Crippen LogP contribution in [0.15, 0.2) is 91.0 Å². The van der Waals surface area contributed by atoms with Crippen molar-refractivity contribution in [3.63, 3.8) is 0 Å². The molecule has 4 aromatic carbocycles. The molecule has 19 nitrogen and oxygen atoms in total. The Morgan fingerprint density at radius 3 is 2.27 bits per heavy atom. The van der Waals surface area contributed by atoms with E-state index in [1.807, 2.05) is 31.3 Å². The van der Waals surface area contributed by atoms with Gasteiger partial charge in [0.2, 0.25) is 11.8 Å².